The van der Waals surface area contributed by atoms with Gasteiger partial charge in [-0.3, -0.25) is 4.79 Å². The largest absolute Gasteiger partial charge is 0.330 e. The Morgan fingerprint density at radius 3 is 2.35 bits per heavy atom. The van der Waals surface area contributed by atoms with Gasteiger partial charge in [0.2, 0.25) is 0 Å². The molecule has 0 bridgehead atoms. The van der Waals surface area contributed by atoms with Gasteiger partial charge in [-0.1, -0.05) is 30.7 Å². The van der Waals surface area contributed by atoms with Crippen molar-refractivity contribution in [3.63, 3.8) is 0 Å². The van der Waals surface area contributed by atoms with Crippen LogP contribution in [0.4, 0.5) is 0 Å². The van der Waals surface area contributed by atoms with E-state index < -0.39 is 0 Å². The van der Waals surface area contributed by atoms with Gasteiger partial charge in [0.15, 0.2) is 5.78 Å². The fourth-order valence-corrected chi connectivity index (χ4v) is 2.17. The van der Waals surface area contributed by atoms with E-state index in [2.05, 4.69) is 28.1 Å². The van der Waals surface area contributed by atoms with E-state index in [1.165, 1.54) is 0 Å². The van der Waals surface area contributed by atoms with Crippen molar-refractivity contribution in [1.29, 1.82) is 0 Å². The molecule has 2 nitrogen and oxygen atoms in total. The second-order valence-corrected chi connectivity index (χ2v) is 5.83. The number of halogens is 1. The predicted octanol–water partition coefficient (Wildman–Crippen LogP) is 3.26. The fourth-order valence-electron chi connectivity index (χ4n) is 1.94. The van der Waals surface area contributed by atoms with Crippen LogP contribution >= 0.6 is 11.6 Å². The summed E-state index contributed by atoms with van der Waals surface area (Å²) < 4.78 is 0.786. The average molecular weight is 255 g/mol. The van der Waals surface area contributed by atoms with E-state index in [0.717, 1.165) is 17.4 Å². The van der Waals surface area contributed by atoms with E-state index in [1.807, 2.05) is 18.2 Å². The van der Waals surface area contributed by atoms with Gasteiger partial charge < -0.3 is 4.48 Å². The molecule has 0 aromatic heterocycles. The molecule has 0 amide bonds. The fraction of sp³-hybridized carbons (Fsp3) is 0.500. The molecule has 0 spiro atoms. The summed E-state index contributed by atoms with van der Waals surface area (Å²) in [6.07, 6.45) is 0.847. The third-order valence-corrected chi connectivity index (χ3v) is 3.10. The monoisotopic (exact) mass is 254 g/mol. The van der Waals surface area contributed by atoms with Crippen LogP contribution < -0.4 is 0 Å². The second-order valence-electron chi connectivity index (χ2n) is 5.42. The molecule has 0 heterocycles. The number of carbonyl (C=O) groups excluding carboxylic acids is 1. The molecular weight excluding hydrogens is 234 g/mol. The molecule has 0 saturated carbocycles. The van der Waals surface area contributed by atoms with Gasteiger partial charge in [0, 0.05) is 5.56 Å². The molecule has 1 aromatic rings. The molecule has 1 rings (SSSR count). The van der Waals surface area contributed by atoms with Crippen LogP contribution in [0.5, 0.6) is 0 Å². The quantitative estimate of drug-likeness (QED) is 0.582. The van der Waals surface area contributed by atoms with Gasteiger partial charge in [0.1, 0.15) is 0 Å². The molecule has 0 aliphatic rings. The number of nitrogens with zero attached hydrogens (tertiary/aromatic N) is 1. The zero-order valence-electron chi connectivity index (χ0n) is 11.0. The molecule has 0 aliphatic heterocycles. The standard InChI is InChI=1S/C14H21ClNO/c1-5-11(10-16(2,3)4)14(17)12-8-6-7-9-13(12)15/h6-9,11H,5,10H2,1-4H3/q+1. The molecule has 0 saturated heterocycles. The molecule has 0 aliphatic carbocycles. The normalized spacial score (nSPS) is 13.5. The second kappa shape index (κ2) is 5.65. The topological polar surface area (TPSA) is 17.1 Å². The molecule has 1 aromatic carbocycles. The molecule has 1 atom stereocenters. The highest BCUT2D eigenvalue weighted by Gasteiger charge is 2.25. The van der Waals surface area contributed by atoms with E-state index in [-0.39, 0.29) is 11.7 Å². The van der Waals surface area contributed by atoms with Crippen molar-refractivity contribution in [3.8, 4) is 0 Å². The van der Waals surface area contributed by atoms with Crippen molar-refractivity contribution < 1.29 is 9.28 Å². The summed E-state index contributed by atoms with van der Waals surface area (Å²) in [6, 6.07) is 7.29. The highest BCUT2D eigenvalue weighted by molar-refractivity contribution is 6.34. The SMILES string of the molecule is CCC(C[N+](C)(C)C)C(=O)c1ccccc1Cl. The number of benzene rings is 1. The van der Waals surface area contributed by atoms with E-state index in [9.17, 15) is 4.79 Å². The number of carbonyl (C=O) groups is 1. The van der Waals surface area contributed by atoms with Crippen molar-refractivity contribution in [1.82, 2.24) is 0 Å². The van der Waals surface area contributed by atoms with E-state index in [1.54, 1.807) is 6.07 Å². The smallest absolute Gasteiger partial charge is 0.173 e. The van der Waals surface area contributed by atoms with Crippen LogP contribution in [0.15, 0.2) is 24.3 Å². The summed E-state index contributed by atoms with van der Waals surface area (Å²) in [5, 5.41) is 0.553. The van der Waals surface area contributed by atoms with Crippen LogP contribution in [0.3, 0.4) is 0 Å². The van der Waals surface area contributed by atoms with Gasteiger partial charge in [0.05, 0.1) is 38.6 Å². The van der Waals surface area contributed by atoms with Gasteiger partial charge in [0.25, 0.3) is 0 Å². The van der Waals surface area contributed by atoms with Crippen LogP contribution in [0.25, 0.3) is 0 Å². The van der Waals surface area contributed by atoms with E-state index in [4.69, 9.17) is 11.6 Å². The molecule has 0 radical (unpaired) electrons. The molecular formula is C14H21ClNO+. The first-order valence-corrected chi connectivity index (χ1v) is 6.32. The minimum atomic E-state index is 0.0369. The summed E-state index contributed by atoms with van der Waals surface area (Å²) in [7, 11) is 6.30. The molecule has 0 fully saturated rings. The number of hydrogen-bond acceptors (Lipinski definition) is 1. The highest BCUT2D eigenvalue weighted by atomic mass is 35.5. The minimum Gasteiger partial charge on any atom is -0.330 e. The van der Waals surface area contributed by atoms with E-state index >= 15 is 0 Å². The molecule has 17 heavy (non-hydrogen) atoms. The maximum Gasteiger partial charge on any atom is 0.173 e. The highest BCUT2D eigenvalue weighted by Crippen LogP contribution is 2.21. The van der Waals surface area contributed by atoms with Gasteiger partial charge >= 0.3 is 0 Å². The molecule has 94 valence electrons. The maximum absolute atomic E-state index is 12.4. The third kappa shape index (κ3) is 4.14. The first-order chi connectivity index (χ1) is 7.85. The zero-order chi connectivity index (χ0) is 13.1. The zero-order valence-corrected chi connectivity index (χ0v) is 11.8. The predicted molar refractivity (Wildman–Crippen MR) is 72.5 cm³/mol. The van der Waals surface area contributed by atoms with Crippen molar-refractivity contribution in [2.24, 2.45) is 5.92 Å². The number of rotatable bonds is 5. The lowest BCUT2D eigenvalue weighted by Gasteiger charge is -2.28. The Kier molecular flexibility index (Phi) is 4.72. The lowest BCUT2D eigenvalue weighted by Crippen LogP contribution is -2.41. The Balaban J connectivity index is 2.91. The van der Waals surface area contributed by atoms with Crippen molar-refractivity contribution in [2.75, 3.05) is 27.7 Å². The Bertz CT molecular complexity index is 395. The lowest BCUT2D eigenvalue weighted by molar-refractivity contribution is -0.872. The molecule has 3 heteroatoms. The van der Waals surface area contributed by atoms with Crippen molar-refractivity contribution in [3.05, 3.63) is 34.9 Å². The first-order valence-electron chi connectivity index (χ1n) is 5.94. The van der Waals surface area contributed by atoms with Crippen molar-refractivity contribution >= 4 is 17.4 Å². The Morgan fingerprint density at radius 2 is 1.88 bits per heavy atom. The van der Waals surface area contributed by atoms with Gasteiger partial charge in [-0.05, 0) is 18.6 Å². The molecule has 0 N–H and O–H groups in total. The number of quaternary nitrogens is 1. The maximum atomic E-state index is 12.4. The summed E-state index contributed by atoms with van der Waals surface area (Å²) in [5.41, 5.74) is 0.648. The number of hydrogen-bond donors (Lipinski definition) is 0. The average Bonchev–Trinajstić information content (AvgIpc) is 2.24. The number of Topliss-reactive ketones (excluding diaryl/α,β-unsaturated/α-hetero) is 1. The van der Waals surface area contributed by atoms with Crippen LogP contribution in [0.1, 0.15) is 23.7 Å². The molecule has 1 unspecified atom stereocenters. The Morgan fingerprint density at radius 1 is 1.29 bits per heavy atom. The van der Waals surface area contributed by atoms with Crippen LogP contribution in [-0.2, 0) is 0 Å². The summed E-state index contributed by atoms with van der Waals surface area (Å²) in [6.45, 7) is 2.88. The third-order valence-electron chi connectivity index (χ3n) is 2.77. The first kappa shape index (κ1) is 14.2. The summed E-state index contributed by atoms with van der Waals surface area (Å²) in [4.78, 5) is 12.4. The number of ketones is 1. The Hall–Kier alpha value is -0.860. The van der Waals surface area contributed by atoms with Gasteiger partial charge in [-0.25, -0.2) is 0 Å². The minimum absolute atomic E-state index is 0.0369. The summed E-state index contributed by atoms with van der Waals surface area (Å²) in [5.74, 6) is 0.195. The Labute approximate surface area is 109 Å². The van der Waals surface area contributed by atoms with Crippen LogP contribution in [0.2, 0.25) is 5.02 Å². The van der Waals surface area contributed by atoms with Crippen LogP contribution in [-0.4, -0.2) is 38.0 Å². The summed E-state index contributed by atoms with van der Waals surface area (Å²) >= 11 is 6.07. The lowest BCUT2D eigenvalue weighted by atomic mass is 9.94. The van der Waals surface area contributed by atoms with Crippen LogP contribution in [0, 0.1) is 5.92 Å². The van der Waals surface area contributed by atoms with Crippen molar-refractivity contribution in [2.45, 2.75) is 13.3 Å². The van der Waals surface area contributed by atoms with Gasteiger partial charge in [-0.2, -0.15) is 0 Å². The van der Waals surface area contributed by atoms with Gasteiger partial charge in [-0.15, -0.1) is 0 Å². The van der Waals surface area contributed by atoms with E-state index in [0.29, 0.717) is 10.6 Å².